The van der Waals surface area contributed by atoms with Gasteiger partial charge in [-0.3, -0.25) is 4.79 Å². The minimum Gasteiger partial charge on any atom is -0.358 e. The van der Waals surface area contributed by atoms with Gasteiger partial charge in [0.2, 0.25) is 5.91 Å². The summed E-state index contributed by atoms with van der Waals surface area (Å²) in [5, 5.41) is 3.04. The van der Waals surface area contributed by atoms with E-state index in [1.165, 1.54) is 0 Å². The average Bonchev–Trinajstić information content (AvgIpc) is 3.14. The smallest absolute Gasteiger partial charge is 0.241 e. The molecule has 0 spiro atoms. The van der Waals surface area contributed by atoms with E-state index in [2.05, 4.69) is 20.7 Å². The highest BCUT2D eigenvalue weighted by molar-refractivity contribution is 5.82. The fourth-order valence-electron chi connectivity index (χ4n) is 2.36. The van der Waals surface area contributed by atoms with Gasteiger partial charge >= 0.3 is 0 Å². The van der Waals surface area contributed by atoms with E-state index in [0.717, 1.165) is 25.9 Å². The van der Waals surface area contributed by atoms with Gasteiger partial charge in [0.1, 0.15) is 0 Å². The number of anilines is 2. The number of rotatable bonds is 4. The molecule has 1 aliphatic rings. The maximum Gasteiger partial charge on any atom is 0.241 e. The maximum absolute atomic E-state index is 12.0. The number of imidazole rings is 1. The van der Waals surface area contributed by atoms with Gasteiger partial charge in [-0.1, -0.05) is 0 Å². The van der Waals surface area contributed by atoms with Crippen molar-refractivity contribution in [2.24, 2.45) is 5.84 Å². The first-order valence-corrected chi connectivity index (χ1v) is 6.60. The van der Waals surface area contributed by atoms with Crippen LogP contribution in [0.5, 0.6) is 0 Å². The normalized spacial score (nSPS) is 14.8. The van der Waals surface area contributed by atoms with Crippen LogP contribution < -0.4 is 16.6 Å². The lowest BCUT2D eigenvalue weighted by Crippen LogP contribution is -2.33. The van der Waals surface area contributed by atoms with Crippen LogP contribution in [-0.4, -0.2) is 44.8 Å². The Morgan fingerprint density at radius 2 is 2.20 bits per heavy atom. The first-order valence-electron chi connectivity index (χ1n) is 6.60. The van der Waals surface area contributed by atoms with Crippen molar-refractivity contribution < 1.29 is 4.79 Å². The molecule has 3 rings (SSSR count). The quantitative estimate of drug-likeness (QED) is 0.538. The lowest BCUT2D eigenvalue weighted by Gasteiger charge is -2.16. The second-order valence-electron chi connectivity index (χ2n) is 4.72. The SMILES string of the molecule is NNc1cn2ccnc2c(NCC(=O)N2CCCC2)n1. The van der Waals surface area contributed by atoms with Crippen LogP contribution in [0.3, 0.4) is 0 Å². The van der Waals surface area contributed by atoms with Crippen LogP contribution in [0.15, 0.2) is 18.6 Å². The molecule has 1 fully saturated rings. The fraction of sp³-hybridized carbons (Fsp3) is 0.417. The van der Waals surface area contributed by atoms with Gasteiger partial charge in [0.25, 0.3) is 0 Å². The number of nitrogens with two attached hydrogens (primary N) is 1. The van der Waals surface area contributed by atoms with Gasteiger partial charge in [-0.15, -0.1) is 0 Å². The highest BCUT2D eigenvalue weighted by Crippen LogP contribution is 2.16. The first-order chi connectivity index (χ1) is 9.78. The van der Waals surface area contributed by atoms with Crippen molar-refractivity contribution in [3.05, 3.63) is 18.6 Å². The van der Waals surface area contributed by atoms with Crippen LogP contribution in [-0.2, 0) is 4.79 Å². The number of nitrogens with one attached hydrogen (secondary N) is 2. The molecule has 20 heavy (non-hydrogen) atoms. The summed E-state index contributed by atoms with van der Waals surface area (Å²) in [5.74, 6) is 6.51. The van der Waals surface area contributed by atoms with Crippen LogP contribution in [0.25, 0.3) is 5.65 Å². The molecule has 0 radical (unpaired) electrons. The molecule has 3 heterocycles. The molecular weight excluding hydrogens is 258 g/mol. The highest BCUT2D eigenvalue weighted by atomic mass is 16.2. The predicted octanol–water partition coefficient (Wildman–Crippen LogP) is 0.0492. The van der Waals surface area contributed by atoms with Gasteiger partial charge in [-0.2, -0.15) is 0 Å². The Hall–Kier alpha value is -2.35. The zero-order valence-electron chi connectivity index (χ0n) is 11.0. The predicted molar refractivity (Wildman–Crippen MR) is 75.1 cm³/mol. The number of aromatic nitrogens is 3. The van der Waals surface area contributed by atoms with E-state index in [4.69, 9.17) is 5.84 Å². The minimum atomic E-state index is 0.0834. The van der Waals surface area contributed by atoms with Crippen LogP contribution in [0, 0.1) is 0 Å². The summed E-state index contributed by atoms with van der Waals surface area (Å²) in [5.41, 5.74) is 3.16. The molecule has 0 atom stereocenters. The summed E-state index contributed by atoms with van der Waals surface area (Å²) < 4.78 is 1.80. The Kier molecular flexibility index (Phi) is 3.38. The number of likely N-dealkylation sites (tertiary alicyclic amines) is 1. The van der Waals surface area contributed by atoms with Crippen LogP contribution >= 0.6 is 0 Å². The maximum atomic E-state index is 12.0. The van der Waals surface area contributed by atoms with Crippen LogP contribution in [0.1, 0.15) is 12.8 Å². The van der Waals surface area contributed by atoms with Crippen LogP contribution in [0.4, 0.5) is 11.6 Å². The zero-order valence-corrected chi connectivity index (χ0v) is 11.0. The van der Waals surface area contributed by atoms with Gasteiger partial charge in [-0.05, 0) is 12.8 Å². The number of hydrogen-bond donors (Lipinski definition) is 3. The van der Waals surface area contributed by atoms with Crippen LogP contribution in [0.2, 0.25) is 0 Å². The first kappa shape index (κ1) is 12.7. The molecule has 0 unspecified atom stereocenters. The molecular formula is C12H17N7O. The third kappa shape index (κ3) is 2.37. The molecule has 0 aliphatic carbocycles. The molecule has 1 amide bonds. The Balaban J connectivity index is 1.76. The number of carbonyl (C=O) groups excluding carboxylic acids is 1. The lowest BCUT2D eigenvalue weighted by molar-refractivity contribution is -0.128. The Morgan fingerprint density at radius 1 is 1.40 bits per heavy atom. The minimum absolute atomic E-state index is 0.0834. The van der Waals surface area contributed by atoms with Gasteiger partial charge in [0, 0.05) is 25.5 Å². The third-order valence-corrected chi connectivity index (χ3v) is 3.39. The summed E-state index contributed by atoms with van der Waals surface area (Å²) in [6, 6.07) is 0. The number of carbonyl (C=O) groups is 1. The zero-order chi connectivity index (χ0) is 13.9. The Morgan fingerprint density at radius 3 is 2.95 bits per heavy atom. The van der Waals surface area contributed by atoms with Gasteiger partial charge in [-0.25, -0.2) is 15.8 Å². The Labute approximate surface area is 116 Å². The number of hydrogen-bond acceptors (Lipinski definition) is 6. The number of hydrazine groups is 1. The summed E-state index contributed by atoms with van der Waals surface area (Å²) in [7, 11) is 0. The van der Waals surface area contributed by atoms with Crippen molar-refractivity contribution in [1.29, 1.82) is 0 Å². The molecule has 0 saturated carbocycles. The molecule has 0 aromatic carbocycles. The molecule has 0 bridgehead atoms. The lowest BCUT2D eigenvalue weighted by atomic mass is 10.4. The van der Waals surface area contributed by atoms with E-state index < -0.39 is 0 Å². The van der Waals surface area contributed by atoms with E-state index in [1.54, 1.807) is 23.0 Å². The van der Waals surface area contributed by atoms with Gasteiger partial charge in [0.15, 0.2) is 17.3 Å². The second kappa shape index (κ2) is 5.33. The van der Waals surface area contributed by atoms with E-state index in [1.807, 2.05) is 4.90 Å². The van der Waals surface area contributed by atoms with Gasteiger partial charge < -0.3 is 20.0 Å². The summed E-state index contributed by atoms with van der Waals surface area (Å²) in [6.07, 6.45) is 7.37. The summed E-state index contributed by atoms with van der Waals surface area (Å²) in [4.78, 5) is 22.4. The molecule has 1 saturated heterocycles. The molecule has 2 aromatic heterocycles. The number of nitrogens with zero attached hydrogens (tertiary/aromatic N) is 4. The standard InChI is InChI=1S/C12H17N7O/c13-17-9-8-19-6-3-14-12(19)11(16-9)15-7-10(20)18-4-1-2-5-18/h3,6,8,17H,1-2,4-5,7,13H2,(H,15,16). The van der Waals surface area contributed by atoms with Crippen molar-refractivity contribution in [2.45, 2.75) is 12.8 Å². The fourth-order valence-corrected chi connectivity index (χ4v) is 2.36. The average molecular weight is 275 g/mol. The van der Waals surface area contributed by atoms with Crippen molar-refractivity contribution >= 4 is 23.2 Å². The monoisotopic (exact) mass is 275 g/mol. The largest absolute Gasteiger partial charge is 0.358 e. The second-order valence-corrected chi connectivity index (χ2v) is 4.72. The molecule has 2 aromatic rings. The number of amides is 1. The molecule has 8 heteroatoms. The van der Waals surface area contributed by atoms with Crippen molar-refractivity contribution in [2.75, 3.05) is 30.4 Å². The number of nitrogen functional groups attached to an aromatic ring is 1. The topological polar surface area (TPSA) is 101 Å². The van der Waals surface area contributed by atoms with Crippen molar-refractivity contribution in [1.82, 2.24) is 19.3 Å². The van der Waals surface area contributed by atoms with Crippen molar-refractivity contribution in [3.63, 3.8) is 0 Å². The van der Waals surface area contributed by atoms with E-state index in [-0.39, 0.29) is 12.5 Å². The molecule has 4 N–H and O–H groups in total. The van der Waals surface area contributed by atoms with E-state index in [9.17, 15) is 4.79 Å². The summed E-state index contributed by atoms with van der Waals surface area (Å²) >= 11 is 0. The van der Waals surface area contributed by atoms with Gasteiger partial charge in [0.05, 0.1) is 12.7 Å². The summed E-state index contributed by atoms with van der Waals surface area (Å²) in [6.45, 7) is 1.90. The van der Waals surface area contributed by atoms with E-state index in [0.29, 0.717) is 17.3 Å². The van der Waals surface area contributed by atoms with Crippen molar-refractivity contribution in [3.8, 4) is 0 Å². The molecule has 8 nitrogen and oxygen atoms in total. The van der Waals surface area contributed by atoms with E-state index >= 15 is 0 Å². The third-order valence-electron chi connectivity index (χ3n) is 3.39. The molecule has 106 valence electrons. The molecule has 1 aliphatic heterocycles. The Bertz CT molecular complexity index is 617. The highest BCUT2D eigenvalue weighted by Gasteiger charge is 2.18. The number of fused-ring (bicyclic) bond motifs is 1.